The van der Waals surface area contributed by atoms with Gasteiger partial charge in [0, 0.05) is 19.0 Å². The Kier molecular flexibility index (Phi) is 6.50. The number of nitrogens with zero attached hydrogens (tertiary/aromatic N) is 1. The molecule has 0 radical (unpaired) electrons. The first-order valence-electron chi connectivity index (χ1n) is 12.5. The fourth-order valence-corrected chi connectivity index (χ4v) is 5.62. The fourth-order valence-electron chi connectivity index (χ4n) is 5.62. The number of carbonyl (C=O) groups is 3. The van der Waals surface area contributed by atoms with Crippen LogP contribution in [0.1, 0.15) is 49.7 Å². The van der Waals surface area contributed by atoms with Crippen LogP contribution in [0, 0.1) is 17.8 Å². The third-order valence-corrected chi connectivity index (χ3v) is 7.52. The van der Waals surface area contributed by atoms with Gasteiger partial charge in [-0.25, -0.2) is 4.79 Å². The van der Waals surface area contributed by atoms with Crippen molar-refractivity contribution in [2.45, 2.75) is 44.6 Å². The maximum absolute atomic E-state index is 13.4. The van der Waals surface area contributed by atoms with Crippen molar-refractivity contribution >= 4 is 18.0 Å². The van der Waals surface area contributed by atoms with Crippen LogP contribution in [-0.2, 0) is 14.3 Å². The molecule has 0 spiro atoms. The number of fused-ring (bicyclic) bond motifs is 3. The SMILES string of the molecule is CC1CC(C(=O)O)CN(C(=O)C(CC2CC2)NC(=O)OCC2c3ccccc3-c3ccccc32)C1. The maximum Gasteiger partial charge on any atom is 0.407 e. The van der Waals surface area contributed by atoms with E-state index in [0.29, 0.717) is 25.3 Å². The van der Waals surface area contributed by atoms with Crippen LogP contribution in [0.2, 0.25) is 0 Å². The smallest absolute Gasteiger partial charge is 0.407 e. The summed E-state index contributed by atoms with van der Waals surface area (Å²) in [5, 5.41) is 12.3. The summed E-state index contributed by atoms with van der Waals surface area (Å²) in [5.41, 5.74) is 4.58. The number of ether oxygens (including phenoxy) is 1. The Morgan fingerprint density at radius 2 is 1.66 bits per heavy atom. The van der Waals surface area contributed by atoms with Gasteiger partial charge >= 0.3 is 12.1 Å². The first-order valence-corrected chi connectivity index (χ1v) is 12.5. The van der Waals surface area contributed by atoms with E-state index in [-0.39, 0.29) is 30.9 Å². The van der Waals surface area contributed by atoms with Gasteiger partial charge in [0.15, 0.2) is 0 Å². The summed E-state index contributed by atoms with van der Waals surface area (Å²) in [4.78, 5) is 39.4. The lowest BCUT2D eigenvalue weighted by atomic mass is 9.90. The van der Waals surface area contributed by atoms with Crippen molar-refractivity contribution in [3.05, 3.63) is 59.7 Å². The van der Waals surface area contributed by atoms with Crippen molar-refractivity contribution in [2.24, 2.45) is 17.8 Å². The van der Waals surface area contributed by atoms with E-state index in [1.807, 2.05) is 31.2 Å². The molecule has 2 N–H and O–H groups in total. The zero-order valence-electron chi connectivity index (χ0n) is 20.0. The van der Waals surface area contributed by atoms with Crippen LogP contribution in [0.15, 0.2) is 48.5 Å². The number of benzene rings is 2. The number of alkyl carbamates (subject to hydrolysis) is 1. The van der Waals surface area contributed by atoms with Crippen molar-refractivity contribution in [3.8, 4) is 11.1 Å². The van der Waals surface area contributed by atoms with Gasteiger partial charge in [-0.1, -0.05) is 68.3 Å². The van der Waals surface area contributed by atoms with Crippen LogP contribution >= 0.6 is 0 Å². The minimum Gasteiger partial charge on any atom is -0.481 e. The Morgan fingerprint density at radius 1 is 1.03 bits per heavy atom. The number of amides is 2. The minimum absolute atomic E-state index is 0.0509. The van der Waals surface area contributed by atoms with Crippen LogP contribution < -0.4 is 5.32 Å². The summed E-state index contributed by atoms with van der Waals surface area (Å²) in [7, 11) is 0. The van der Waals surface area contributed by atoms with Crippen molar-refractivity contribution in [3.63, 3.8) is 0 Å². The summed E-state index contributed by atoms with van der Waals surface area (Å²) in [6, 6.07) is 15.6. The van der Waals surface area contributed by atoms with Gasteiger partial charge in [-0.15, -0.1) is 0 Å². The Morgan fingerprint density at radius 3 is 2.26 bits per heavy atom. The van der Waals surface area contributed by atoms with Gasteiger partial charge in [-0.2, -0.15) is 0 Å². The van der Waals surface area contributed by atoms with E-state index >= 15 is 0 Å². The average Bonchev–Trinajstić information content (AvgIpc) is 3.62. The second-order valence-corrected chi connectivity index (χ2v) is 10.3. The quantitative estimate of drug-likeness (QED) is 0.622. The summed E-state index contributed by atoms with van der Waals surface area (Å²) in [5.74, 6) is -1.19. The lowest BCUT2D eigenvalue weighted by Gasteiger charge is -2.36. The average molecular weight is 477 g/mol. The lowest BCUT2D eigenvalue weighted by molar-refractivity contribution is -0.147. The number of hydrogen-bond donors (Lipinski definition) is 2. The van der Waals surface area contributed by atoms with Gasteiger partial charge in [0.25, 0.3) is 0 Å². The van der Waals surface area contributed by atoms with E-state index in [1.165, 1.54) is 0 Å². The normalized spacial score (nSPS) is 22.1. The van der Waals surface area contributed by atoms with Gasteiger partial charge in [0.1, 0.15) is 12.6 Å². The highest BCUT2D eigenvalue weighted by atomic mass is 16.5. The van der Waals surface area contributed by atoms with Gasteiger partial charge in [-0.05, 0) is 46.9 Å². The van der Waals surface area contributed by atoms with Gasteiger partial charge in [0.2, 0.25) is 5.91 Å². The molecule has 2 amide bonds. The molecule has 184 valence electrons. The summed E-state index contributed by atoms with van der Waals surface area (Å²) in [6.45, 7) is 2.85. The fraction of sp³-hybridized carbons (Fsp3) is 0.464. The standard InChI is InChI=1S/C28H32N2O5/c1-17-12-19(27(32)33)15-30(14-17)26(31)25(13-18-10-11-18)29-28(34)35-16-24-22-8-4-2-6-20(22)21-7-3-5-9-23(21)24/h2-9,17-19,24-25H,10-16H2,1H3,(H,29,34)(H,32,33). The predicted molar refractivity (Wildman–Crippen MR) is 131 cm³/mol. The van der Waals surface area contributed by atoms with Crippen LogP contribution in [0.5, 0.6) is 0 Å². The van der Waals surface area contributed by atoms with Crippen LogP contribution in [-0.4, -0.2) is 53.7 Å². The number of rotatable bonds is 7. The molecule has 7 heteroatoms. The zero-order valence-corrected chi connectivity index (χ0v) is 20.0. The summed E-state index contributed by atoms with van der Waals surface area (Å²) in [6.07, 6.45) is 2.61. The van der Waals surface area contributed by atoms with E-state index < -0.39 is 24.0 Å². The van der Waals surface area contributed by atoms with Crippen molar-refractivity contribution in [1.82, 2.24) is 10.2 Å². The molecule has 2 fully saturated rings. The molecule has 2 aromatic carbocycles. The number of piperidine rings is 1. The number of carboxylic acid groups (broad SMARTS) is 1. The minimum atomic E-state index is -0.877. The van der Waals surface area contributed by atoms with Gasteiger partial charge in [0.05, 0.1) is 5.92 Å². The van der Waals surface area contributed by atoms with E-state index in [1.54, 1.807) is 4.90 Å². The second kappa shape index (κ2) is 9.72. The topological polar surface area (TPSA) is 95.9 Å². The molecule has 7 nitrogen and oxygen atoms in total. The summed E-state index contributed by atoms with van der Waals surface area (Å²) >= 11 is 0. The number of hydrogen-bond acceptors (Lipinski definition) is 4. The van der Waals surface area contributed by atoms with Crippen molar-refractivity contribution in [1.29, 1.82) is 0 Å². The van der Waals surface area contributed by atoms with Crippen LogP contribution in [0.25, 0.3) is 11.1 Å². The highest BCUT2D eigenvalue weighted by molar-refractivity contribution is 5.86. The summed E-state index contributed by atoms with van der Waals surface area (Å²) < 4.78 is 5.68. The molecule has 0 aromatic heterocycles. The lowest BCUT2D eigenvalue weighted by Crippen LogP contribution is -2.53. The Labute approximate surface area is 205 Å². The van der Waals surface area contributed by atoms with Crippen molar-refractivity contribution in [2.75, 3.05) is 19.7 Å². The molecule has 1 aliphatic heterocycles. The van der Waals surface area contributed by atoms with Crippen LogP contribution in [0.4, 0.5) is 4.79 Å². The number of nitrogens with one attached hydrogen (secondary N) is 1. The molecule has 1 saturated carbocycles. The van der Waals surface area contributed by atoms with E-state index in [2.05, 4.69) is 29.6 Å². The molecule has 3 unspecified atom stereocenters. The first kappa shape index (κ1) is 23.4. The third-order valence-electron chi connectivity index (χ3n) is 7.52. The van der Waals surface area contributed by atoms with Crippen LogP contribution in [0.3, 0.4) is 0 Å². The number of carbonyl (C=O) groups excluding carboxylic acids is 2. The molecule has 2 aromatic rings. The zero-order chi connectivity index (χ0) is 24.5. The highest BCUT2D eigenvalue weighted by Gasteiger charge is 2.38. The van der Waals surface area contributed by atoms with Crippen molar-refractivity contribution < 1.29 is 24.2 Å². The van der Waals surface area contributed by atoms with E-state index in [0.717, 1.165) is 35.1 Å². The molecule has 0 bridgehead atoms. The Hall–Kier alpha value is -3.35. The molecule has 2 aliphatic carbocycles. The molecular formula is C28H32N2O5. The monoisotopic (exact) mass is 476 g/mol. The number of likely N-dealkylation sites (tertiary alicyclic amines) is 1. The molecule has 5 rings (SSSR count). The Bertz CT molecular complexity index is 1080. The second-order valence-electron chi connectivity index (χ2n) is 10.3. The molecule has 3 atom stereocenters. The first-order chi connectivity index (χ1) is 16.9. The number of aliphatic carboxylic acids is 1. The molecule has 1 saturated heterocycles. The maximum atomic E-state index is 13.4. The number of carboxylic acids is 1. The predicted octanol–water partition coefficient (Wildman–Crippen LogP) is 4.26. The molecule has 3 aliphatic rings. The molecular weight excluding hydrogens is 444 g/mol. The largest absolute Gasteiger partial charge is 0.481 e. The molecule has 1 heterocycles. The Balaban J connectivity index is 1.25. The van der Waals surface area contributed by atoms with E-state index in [9.17, 15) is 19.5 Å². The van der Waals surface area contributed by atoms with Gasteiger partial charge in [-0.3, -0.25) is 9.59 Å². The molecule has 35 heavy (non-hydrogen) atoms. The van der Waals surface area contributed by atoms with Gasteiger partial charge < -0.3 is 20.1 Å². The van der Waals surface area contributed by atoms with E-state index in [4.69, 9.17) is 4.74 Å². The third kappa shape index (κ3) is 5.04. The highest BCUT2D eigenvalue weighted by Crippen LogP contribution is 2.44.